The van der Waals surface area contributed by atoms with Crippen molar-refractivity contribution in [1.29, 1.82) is 0 Å². The Kier molecular flexibility index (Phi) is 3.08. The van der Waals surface area contributed by atoms with Gasteiger partial charge in [-0.25, -0.2) is 9.67 Å². The number of aromatic nitrogens is 3. The van der Waals surface area contributed by atoms with E-state index in [-0.39, 0.29) is 0 Å². The second kappa shape index (κ2) is 4.51. The van der Waals surface area contributed by atoms with E-state index in [0.29, 0.717) is 6.04 Å². The Balaban J connectivity index is 2.52. The molecule has 0 bridgehead atoms. The summed E-state index contributed by atoms with van der Waals surface area (Å²) in [6.07, 6.45) is 4.79. The van der Waals surface area contributed by atoms with E-state index in [1.54, 1.807) is 0 Å². The zero-order valence-electron chi connectivity index (χ0n) is 10.1. The molecule has 0 aromatic carbocycles. The van der Waals surface area contributed by atoms with Crippen molar-refractivity contribution in [2.45, 2.75) is 33.2 Å². The van der Waals surface area contributed by atoms with Gasteiger partial charge in [-0.05, 0) is 26.3 Å². The van der Waals surface area contributed by atoms with Gasteiger partial charge in [-0.1, -0.05) is 6.92 Å². The summed E-state index contributed by atoms with van der Waals surface area (Å²) in [6.45, 7) is 7.32. The van der Waals surface area contributed by atoms with E-state index in [9.17, 15) is 0 Å². The first-order chi connectivity index (χ1) is 7.77. The standard InChI is InChI=1S/C12H18N4/c1-4-9(3)16-12-10(8-15-16)11(13-5-2)6-7-14-12/h6-9H,4-5H2,1-3H3,(H,13,14). The van der Waals surface area contributed by atoms with Crippen LogP contribution < -0.4 is 5.32 Å². The van der Waals surface area contributed by atoms with E-state index in [1.807, 2.05) is 23.1 Å². The van der Waals surface area contributed by atoms with Crippen molar-refractivity contribution in [3.63, 3.8) is 0 Å². The zero-order chi connectivity index (χ0) is 11.5. The minimum absolute atomic E-state index is 0.391. The summed E-state index contributed by atoms with van der Waals surface area (Å²) < 4.78 is 2.00. The van der Waals surface area contributed by atoms with Crippen molar-refractivity contribution >= 4 is 16.7 Å². The molecule has 0 fully saturated rings. The van der Waals surface area contributed by atoms with Crippen LogP contribution in [0.5, 0.6) is 0 Å². The molecule has 0 spiro atoms. The molecule has 4 heteroatoms. The highest BCUT2D eigenvalue weighted by Crippen LogP contribution is 2.23. The van der Waals surface area contributed by atoms with Gasteiger partial charge in [0.25, 0.3) is 0 Å². The van der Waals surface area contributed by atoms with Crippen LogP contribution in [0.3, 0.4) is 0 Å². The van der Waals surface area contributed by atoms with Gasteiger partial charge in [0.2, 0.25) is 0 Å². The van der Waals surface area contributed by atoms with Crippen LogP contribution in [0.4, 0.5) is 5.69 Å². The Morgan fingerprint density at radius 3 is 2.94 bits per heavy atom. The predicted octanol–water partition coefficient (Wildman–Crippen LogP) is 2.83. The molecule has 2 rings (SSSR count). The Bertz CT molecular complexity index is 475. The highest BCUT2D eigenvalue weighted by molar-refractivity contribution is 5.88. The molecule has 0 saturated heterocycles. The number of pyridine rings is 1. The van der Waals surface area contributed by atoms with Crippen molar-refractivity contribution in [3.05, 3.63) is 18.5 Å². The molecule has 0 aliphatic heterocycles. The largest absolute Gasteiger partial charge is 0.385 e. The monoisotopic (exact) mass is 218 g/mol. The number of rotatable bonds is 4. The first kappa shape index (κ1) is 10.9. The summed E-state index contributed by atoms with van der Waals surface area (Å²) in [5, 5.41) is 8.85. The summed E-state index contributed by atoms with van der Waals surface area (Å²) in [5.74, 6) is 0. The molecular formula is C12H18N4. The van der Waals surface area contributed by atoms with Gasteiger partial charge >= 0.3 is 0 Å². The molecule has 0 aliphatic carbocycles. The van der Waals surface area contributed by atoms with Crippen molar-refractivity contribution < 1.29 is 0 Å². The summed E-state index contributed by atoms with van der Waals surface area (Å²) in [6, 6.07) is 2.39. The quantitative estimate of drug-likeness (QED) is 0.858. The number of hydrogen-bond donors (Lipinski definition) is 1. The Morgan fingerprint density at radius 2 is 2.25 bits per heavy atom. The summed E-state index contributed by atoms with van der Waals surface area (Å²) in [7, 11) is 0. The molecule has 2 heterocycles. The van der Waals surface area contributed by atoms with Crippen LogP contribution in [-0.4, -0.2) is 21.3 Å². The predicted molar refractivity (Wildman–Crippen MR) is 66.7 cm³/mol. The fourth-order valence-electron chi connectivity index (χ4n) is 1.79. The maximum absolute atomic E-state index is 4.42. The number of fused-ring (bicyclic) bond motifs is 1. The van der Waals surface area contributed by atoms with Gasteiger partial charge in [-0.2, -0.15) is 5.10 Å². The normalized spacial score (nSPS) is 12.9. The fraction of sp³-hybridized carbons (Fsp3) is 0.500. The molecule has 1 unspecified atom stereocenters. The molecule has 0 aliphatic rings. The van der Waals surface area contributed by atoms with Gasteiger partial charge in [0, 0.05) is 18.4 Å². The number of nitrogens with one attached hydrogen (secondary N) is 1. The second-order valence-corrected chi connectivity index (χ2v) is 3.97. The van der Waals surface area contributed by atoms with Crippen molar-refractivity contribution in [3.8, 4) is 0 Å². The molecule has 86 valence electrons. The van der Waals surface area contributed by atoms with E-state index >= 15 is 0 Å². The minimum atomic E-state index is 0.391. The smallest absolute Gasteiger partial charge is 0.160 e. The van der Waals surface area contributed by atoms with Crippen LogP contribution >= 0.6 is 0 Å². The molecule has 0 amide bonds. The molecular weight excluding hydrogens is 200 g/mol. The van der Waals surface area contributed by atoms with Gasteiger partial charge < -0.3 is 5.32 Å². The van der Waals surface area contributed by atoms with Crippen LogP contribution in [0.15, 0.2) is 18.5 Å². The fourth-order valence-corrected chi connectivity index (χ4v) is 1.79. The van der Waals surface area contributed by atoms with E-state index in [4.69, 9.17) is 0 Å². The van der Waals surface area contributed by atoms with Crippen LogP contribution in [-0.2, 0) is 0 Å². The lowest BCUT2D eigenvalue weighted by atomic mass is 10.2. The topological polar surface area (TPSA) is 42.7 Å². The molecule has 0 radical (unpaired) electrons. The molecule has 2 aromatic rings. The van der Waals surface area contributed by atoms with E-state index < -0.39 is 0 Å². The van der Waals surface area contributed by atoms with Crippen LogP contribution in [0.2, 0.25) is 0 Å². The van der Waals surface area contributed by atoms with Gasteiger partial charge in [0.1, 0.15) is 0 Å². The van der Waals surface area contributed by atoms with Gasteiger partial charge in [-0.15, -0.1) is 0 Å². The molecule has 1 atom stereocenters. The third-order valence-electron chi connectivity index (χ3n) is 2.87. The average Bonchev–Trinajstić information content (AvgIpc) is 2.73. The average molecular weight is 218 g/mol. The Morgan fingerprint density at radius 1 is 1.44 bits per heavy atom. The highest BCUT2D eigenvalue weighted by atomic mass is 15.3. The van der Waals surface area contributed by atoms with Crippen molar-refractivity contribution in [2.24, 2.45) is 0 Å². The van der Waals surface area contributed by atoms with Crippen molar-refractivity contribution in [1.82, 2.24) is 14.8 Å². The summed E-state index contributed by atoms with van der Waals surface area (Å²) in [5.41, 5.74) is 2.08. The van der Waals surface area contributed by atoms with Gasteiger partial charge in [0.15, 0.2) is 5.65 Å². The van der Waals surface area contributed by atoms with Crippen LogP contribution in [0.1, 0.15) is 33.2 Å². The maximum atomic E-state index is 4.42. The van der Waals surface area contributed by atoms with Gasteiger partial charge in [0.05, 0.1) is 17.6 Å². The minimum Gasteiger partial charge on any atom is -0.385 e. The lowest BCUT2D eigenvalue weighted by molar-refractivity contribution is 0.490. The summed E-state index contributed by atoms with van der Waals surface area (Å²) in [4.78, 5) is 4.41. The van der Waals surface area contributed by atoms with Crippen molar-refractivity contribution in [2.75, 3.05) is 11.9 Å². The van der Waals surface area contributed by atoms with Crippen LogP contribution in [0.25, 0.3) is 11.0 Å². The third kappa shape index (κ3) is 1.75. The highest BCUT2D eigenvalue weighted by Gasteiger charge is 2.11. The Hall–Kier alpha value is -1.58. The van der Waals surface area contributed by atoms with Gasteiger partial charge in [-0.3, -0.25) is 0 Å². The number of hydrogen-bond acceptors (Lipinski definition) is 3. The molecule has 2 aromatic heterocycles. The van der Waals surface area contributed by atoms with E-state index in [2.05, 4.69) is 36.2 Å². The number of nitrogens with zero attached hydrogens (tertiary/aromatic N) is 3. The maximum Gasteiger partial charge on any atom is 0.160 e. The third-order valence-corrected chi connectivity index (χ3v) is 2.87. The van der Waals surface area contributed by atoms with Crippen LogP contribution in [0, 0.1) is 0 Å². The molecule has 16 heavy (non-hydrogen) atoms. The lowest BCUT2D eigenvalue weighted by Gasteiger charge is -2.10. The Labute approximate surface area is 95.7 Å². The molecule has 0 saturated carbocycles. The molecule has 1 N–H and O–H groups in total. The first-order valence-electron chi connectivity index (χ1n) is 5.84. The first-order valence-corrected chi connectivity index (χ1v) is 5.84. The summed E-state index contributed by atoms with van der Waals surface area (Å²) >= 11 is 0. The van der Waals surface area contributed by atoms with E-state index in [1.165, 1.54) is 0 Å². The SMILES string of the molecule is CCNc1ccnc2c1cnn2C(C)CC. The number of anilines is 1. The zero-order valence-corrected chi connectivity index (χ0v) is 10.1. The molecule has 4 nitrogen and oxygen atoms in total. The lowest BCUT2D eigenvalue weighted by Crippen LogP contribution is -2.06. The second-order valence-electron chi connectivity index (χ2n) is 3.97. The van der Waals surface area contributed by atoms with E-state index in [0.717, 1.165) is 29.7 Å².